The van der Waals surface area contributed by atoms with Crippen LogP contribution >= 0.6 is 23.7 Å². The van der Waals surface area contributed by atoms with E-state index in [1.807, 2.05) is 12.1 Å². The van der Waals surface area contributed by atoms with Crippen LogP contribution in [0.5, 0.6) is 0 Å². The molecule has 130 valence electrons. The second kappa shape index (κ2) is 7.58. The van der Waals surface area contributed by atoms with Gasteiger partial charge in [0.05, 0.1) is 11.6 Å². The van der Waals surface area contributed by atoms with Gasteiger partial charge in [0.25, 0.3) is 5.91 Å². The average Bonchev–Trinajstić information content (AvgIpc) is 3.05. The summed E-state index contributed by atoms with van der Waals surface area (Å²) in [5, 5.41) is 9.90. The van der Waals surface area contributed by atoms with Gasteiger partial charge in [-0.25, -0.2) is 13.6 Å². The van der Waals surface area contributed by atoms with Crippen molar-refractivity contribution >= 4 is 39.7 Å². The summed E-state index contributed by atoms with van der Waals surface area (Å²) in [6.45, 7) is 1.86. The van der Waals surface area contributed by atoms with Crippen molar-refractivity contribution in [2.45, 2.75) is 10.3 Å². The number of thiophene rings is 1. The Kier molecular flexibility index (Phi) is 5.94. The fourth-order valence-electron chi connectivity index (χ4n) is 2.56. The van der Waals surface area contributed by atoms with E-state index in [0.717, 1.165) is 16.9 Å². The Morgan fingerprint density at radius 2 is 2.25 bits per heavy atom. The molecule has 0 radical (unpaired) electrons. The van der Waals surface area contributed by atoms with E-state index in [-0.39, 0.29) is 28.6 Å². The van der Waals surface area contributed by atoms with Gasteiger partial charge in [-0.05, 0) is 17.7 Å². The summed E-state index contributed by atoms with van der Waals surface area (Å²) in [5.41, 5.74) is 1.28. The number of aromatic nitrogens is 1. The molecule has 1 aliphatic heterocycles. The lowest BCUT2D eigenvalue weighted by molar-refractivity contribution is 0.0634. The number of nitrogens with zero attached hydrogens (tertiary/aromatic N) is 2. The standard InChI is InChI=1S/C14H16N4O3S2.ClH/c15-23(20,21)13-6-11(9-22-13)14(19)18-5-4-17-8-12(18)10-2-1-3-16-7-10;/h1-3,6-7,9,12,17H,4-5,8H2,(H2,15,20,21);1H. The summed E-state index contributed by atoms with van der Waals surface area (Å²) in [5.74, 6) is -0.202. The Morgan fingerprint density at radius 3 is 2.88 bits per heavy atom. The third-order valence-corrected chi connectivity index (χ3v) is 6.06. The summed E-state index contributed by atoms with van der Waals surface area (Å²) in [7, 11) is -3.79. The van der Waals surface area contributed by atoms with Gasteiger partial charge in [-0.15, -0.1) is 23.7 Å². The zero-order valence-electron chi connectivity index (χ0n) is 12.6. The van der Waals surface area contributed by atoms with Gasteiger partial charge in [0, 0.05) is 37.4 Å². The molecule has 1 unspecified atom stereocenters. The van der Waals surface area contributed by atoms with Crippen LogP contribution in [-0.4, -0.2) is 43.8 Å². The number of hydrogen-bond donors (Lipinski definition) is 2. The number of nitrogens with one attached hydrogen (secondary N) is 1. The van der Waals surface area contributed by atoms with Crippen molar-refractivity contribution in [3.63, 3.8) is 0 Å². The van der Waals surface area contributed by atoms with Crippen LogP contribution in [0.25, 0.3) is 0 Å². The first kappa shape index (κ1) is 18.8. The molecule has 0 bridgehead atoms. The minimum atomic E-state index is -3.79. The van der Waals surface area contributed by atoms with E-state index in [0.29, 0.717) is 25.2 Å². The molecule has 0 aliphatic carbocycles. The SMILES string of the molecule is Cl.NS(=O)(=O)c1cc(C(=O)N2CCNCC2c2cccnc2)cs1. The molecule has 1 atom stereocenters. The highest BCUT2D eigenvalue weighted by molar-refractivity contribution is 7.91. The number of halogens is 1. The number of rotatable bonds is 3. The van der Waals surface area contributed by atoms with Crippen LogP contribution in [0.15, 0.2) is 40.2 Å². The Morgan fingerprint density at radius 1 is 1.46 bits per heavy atom. The van der Waals surface area contributed by atoms with Crippen molar-refractivity contribution in [1.82, 2.24) is 15.2 Å². The maximum atomic E-state index is 12.8. The topological polar surface area (TPSA) is 105 Å². The highest BCUT2D eigenvalue weighted by Gasteiger charge is 2.29. The summed E-state index contributed by atoms with van der Waals surface area (Å²) in [6.07, 6.45) is 3.42. The lowest BCUT2D eigenvalue weighted by atomic mass is 10.0. The summed E-state index contributed by atoms with van der Waals surface area (Å²) in [4.78, 5) is 18.6. The Hall–Kier alpha value is -1.52. The normalized spacial score (nSPS) is 18.0. The largest absolute Gasteiger partial charge is 0.329 e. The predicted octanol–water partition coefficient (Wildman–Crippen LogP) is 0.999. The van der Waals surface area contributed by atoms with E-state index >= 15 is 0 Å². The third kappa shape index (κ3) is 3.93. The minimum Gasteiger partial charge on any atom is -0.329 e. The van der Waals surface area contributed by atoms with Crippen molar-refractivity contribution in [3.05, 3.63) is 47.1 Å². The van der Waals surface area contributed by atoms with Gasteiger partial charge < -0.3 is 10.2 Å². The first-order valence-corrected chi connectivity index (χ1v) is 9.42. The molecule has 3 N–H and O–H groups in total. The number of carbonyl (C=O) groups is 1. The van der Waals surface area contributed by atoms with Crippen LogP contribution in [0, 0.1) is 0 Å². The van der Waals surface area contributed by atoms with Crippen LogP contribution in [0.1, 0.15) is 22.0 Å². The molecule has 1 amide bonds. The molecule has 1 saturated heterocycles. The molecule has 2 aromatic heterocycles. The van der Waals surface area contributed by atoms with Crippen molar-refractivity contribution in [2.75, 3.05) is 19.6 Å². The zero-order valence-corrected chi connectivity index (χ0v) is 15.0. The molecule has 1 aliphatic rings. The Balaban J connectivity index is 0.00000208. The lowest BCUT2D eigenvalue weighted by Crippen LogP contribution is -2.48. The first-order valence-electron chi connectivity index (χ1n) is 7.00. The van der Waals surface area contributed by atoms with Gasteiger partial charge in [-0.3, -0.25) is 9.78 Å². The van der Waals surface area contributed by atoms with Gasteiger partial charge in [0.15, 0.2) is 0 Å². The van der Waals surface area contributed by atoms with Crippen molar-refractivity contribution in [2.24, 2.45) is 5.14 Å². The highest BCUT2D eigenvalue weighted by atomic mass is 35.5. The number of primary sulfonamides is 1. The summed E-state index contributed by atoms with van der Waals surface area (Å²) < 4.78 is 22.7. The number of sulfonamides is 1. The van der Waals surface area contributed by atoms with Crippen molar-refractivity contribution in [1.29, 1.82) is 0 Å². The van der Waals surface area contributed by atoms with E-state index in [1.165, 1.54) is 11.4 Å². The number of hydrogen-bond acceptors (Lipinski definition) is 6. The molecular weight excluding hydrogens is 372 g/mol. The summed E-state index contributed by atoms with van der Waals surface area (Å²) >= 11 is 0.957. The number of nitrogens with two attached hydrogens (primary N) is 1. The minimum absolute atomic E-state index is 0. The van der Waals surface area contributed by atoms with E-state index in [9.17, 15) is 13.2 Å². The van der Waals surface area contributed by atoms with Gasteiger partial charge in [-0.2, -0.15) is 0 Å². The van der Waals surface area contributed by atoms with E-state index in [2.05, 4.69) is 10.3 Å². The molecule has 0 aromatic carbocycles. The Labute approximate surface area is 150 Å². The first-order chi connectivity index (χ1) is 11.0. The smallest absolute Gasteiger partial charge is 0.255 e. The molecular formula is C14H17ClN4O3S2. The lowest BCUT2D eigenvalue weighted by Gasteiger charge is -2.36. The molecule has 1 fully saturated rings. The maximum absolute atomic E-state index is 12.8. The molecule has 0 saturated carbocycles. The predicted molar refractivity (Wildman–Crippen MR) is 93.8 cm³/mol. The number of piperazine rings is 1. The van der Waals surface area contributed by atoms with Gasteiger partial charge in [0.2, 0.25) is 10.0 Å². The molecule has 3 rings (SSSR count). The van der Waals surface area contributed by atoms with Gasteiger partial charge >= 0.3 is 0 Å². The van der Waals surface area contributed by atoms with E-state index in [4.69, 9.17) is 5.14 Å². The fourth-order valence-corrected chi connectivity index (χ4v) is 4.14. The molecule has 2 aromatic rings. The van der Waals surface area contributed by atoms with Crippen molar-refractivity contribution < 1.29 is 13.2 Å². The van der Waals surface area contributed by atoms with Crippen LogP contribution < -0.4 is 10.5 Å². The van der Waals surface area contributed by atoms with E-state index < -0.39 is 10.0 Å². The van der Waals surface area contributed by atoms with Crippen molar-refractivity contribution in [3.8, 4) is 0 Å². The van der Waals surface area contributed by atoms with Crippen LogP contribution in [0.3, 0.4) is 0 Å². The fraction of sp³-hybridized carbons (Fsp3) is 0.286. The molecule has 24 heavy (non-hydrogen) atoms. The number of pyridine rings is 1. The Bertz CT molecular complexity index is 810. The monoisotopic (exact) mass is 388 g/mol. The quantitative estimate of drug-likeness (QED) is 0.815. The summed E-state index contributed by atoms with van der Waals surface area (Å²) in [6, 6.07) is 4.96. The molecule has 0 spiro atoms. The number of carbonyl (C=O) groups excluding carboxylic acids is 1. The molecule has 10 heteroatoms. The third-order valence-electron chi connectivity index (χ3n) is 3.68. The molecule has 3 heterocycles. The van der Waals surface area contributed by atoms with Gasteiger partial charge in [0.1, 0.15) is 4.21 Å². The van der Waals surface area contributed by atoms with E-state index in [1.54, 1.807) is 17.3 Å². The highest BCUT2D eigenvalue weighted by Crippen LogP contribution is 2.26. The maximum Gasteiger partial charge on any atom is 0.255 e. The second-order valence-electron chi connectivity index (χ2n) is 5.20. The molecule has 7 nitrogen and oxygen atoms in total. The van der Waals surface area contributed by atoms with Crippen LogP contribution in [0.2, 0.25) is 0 Å². The average molecular weight is 389 g/mol. The van der Waals surface area contributed by atoms with Crippen LogP contribution in [0.4, 0.5) is 0 Å². The zero-order chi connectivity index (χ0) is 16.4. The van der Waals surface area contributed by atoms with Crippen LogP contribution in [-0.2, 0) is 10.0 Å². The second-order valence-corrected chi connectivity index (χ2v) is 7.90. The van der Waals surface area contributed by atoms with Gasteiger partial charge in [-0.1, -0.05) is 6.07 Å². The number of amides is 1.